The van der Waals surface area contributed by atoms with E-state index in [-0.39, 0.29) is 78.3 Å². The number of aromatic nitrogens is 1. The van der Waals surface area contributed by atoms with Crippen molar-refractivity contribution in [2.24, 2.45) is 0 Å². The van der Waals surface area contributed by atoms with Crippen LogP contribution in [0, 0.1) is 11.3 Å². The van der Waals surface area contributed by atoms with E-state index < -0.39 is 0 Å². The summed E-state index contributed by atoms with van der Waals surface area (Å²) >= 11 is 61.8. The normalized spacial score (nSPS) is 11.0. The number of rotatable bonds is 2. The first-order chi connectivity index (χ1) is 14.0. The molecule has 0 aliphatic heterocycles. The summed E-state index contributed by atoms with van der Waals surface area (Å²) in [5.74, 6) is 0. The lowest BCUT2D eigenvalue weighted by molar-refractivity contribution is 1.27. The van der Waals surface area contributed by atoms with Crippen LogP contribution in [0.3, 0.4) is 0 Å². The largest absolute Gasteiger partial charge is 0.236 e. The SMILES string of the molecule is N#Cc1nc(-c2c(Cl)c(Cl)c(Cl)c(Cl)c2Cl)ccc1-c1c(Cl)c(Cl)c(Cl)c(Cl)c1Cl. The van der Waals surface area contributed by atoms with Gasteiger partial charge >= 0.3 is 0 Å². The van der Waals surface area contributed by atoms with Crippen molar-refractivity contribution in [1.82, 2.24) is 4.98 Å². The maximum absolute atomic E-state index is 9.69. The van der Waals surface area contributed by atoms with Gasteiger partial charge in [-0.05, 0) is 12.1 Å². The predicted octanol–water partition coefficient (Wildman–Crippen LogP) is 10.8. The molecule has 0 fully saturated rings. The van der Waals surface area contributed by atoms with Gasteiger partial charge in [0.05, 0.1) is 55.9 Å². The van der Waals surface area contributed by atoms with Crippen molar-refractivity contribution in [3.8, 4) is 28.5 Å². The quantitative estimate of drug-likeness (QED) is 0.217. The van der Waals surface area contributed by atoms with Crippen LogP contribution in [0.25, 0.3) is 22.4 Å². The molecule has 1 heterocycles. The van der Waals surface area contributed by atoms with E-state index in [1.807, 2.05) is 6.07 Å². The van der Waals surface area contributed by atoms with Gasteiger partial charge in [0.2, 0.25) is 0 Å². The number of pyridine rings is 1. The second-order valence-corrected chi connectivity index (χ2v) is 9.37. The number of hydrogen-bond acceptors (Lipinski definition) is 2. The van der Waals surface area contributed by atoms with Crippen LogP contribution in [0.2, 0.25) is 50.2 Å². The van der Waals surface area contributed by atoms with Crippen LogP contribution in [-0.4, -0.2) is 4.98 Å². The van der Waals surface area contributed by atoms with Crippen molar-refractivity contribution in [3.63, 3.8) is 0 Å². The number of nitriles is 1. The molecular formula is C18H2Cl10N2. The molecule has 0 bridgehead atoms. The first-order valence-corrected chi connectivity index (χ1v) is 11.3. The van der Waals surface area contributed by atoms with E-state index in [9.17, 15) is 5.26 Å². The number of benzene rings is 2. The summed E-state index contributed by atoms with van der Waals surface area (Å²) in [6.07, 6.45) is 0. The molecule has 2 aromatic carbocycles. The fourth-order valence-corrected chi connectivity index (χ4v) is 5.23. The molecule has 0 unspecified atom stereocenters. The van der Waals surface area contributed by atoms with E-state index in [1.54, 1.807) is 0 Å². The highest BCUT2D eigenvalue weighted by molar-refractivity contribution is 6.57. The molecule has 0 aliphatic carbocycles. The Morgan fingerprint density at radius 3 is 1.30 bits per heavy atom. The summed E-state index contributed by atoms with van der Waals surface area (Å²) in [7, 11) is 0. The molecule has 0 radical (unpaired) electrons. The third-order valence-corrected chi connectivity index (χ3v) is 8.50. The van der Waals surface area contributed by atoms with Gasteiger partial charge in [0, 0.05) is 16.7 Å². The topological polar surface area (TPSA) is 36.7 Å². The lowest BCUT2D eigenvalue weighted by Crippen LogP contribution is -1.96. The molecular weight excluding hydrogens is 599 g/mol. The van der Waals surface area contributed by atoms with E-state index in [0.717, 1.165) is 0 Å². The monoisotopic (exact) mass is 596 g/mol. The molecule has 0 spiro atoms. The molecule has 0 amide bonds. The minimum absolute atomic E-state index is 0.00165. The van der Waals surface area contributed by atoms with Crippen molar-refractivity contribution in [2.45, 2.75) is 0 Å². The lowest BCUT2D eigenvalue weighted by Gasteiger charge is -2.15. The third kappa shape index (κ3) is 4.04. The first-order valence-electron chi connectivity index (χ1n) is 7.47. The Hall–Kier alpha value is -0.0200. The minimum atomic E-state index is -0.0694. The van der Waals surface area contributed by atoms with Crippen LogP contribution in [0.4, 0.5) is 0 Å². The second-order valence-electron chi connectivity index (χ2n) is 5.59. The Balaban J connectivity index is 2.33. The van der Waals surface area contributed by atoms with E-state index >= 15 is 0 Å². The van der Waals surface area contributed by atoms with Crippen LogP contribution in [0.5, 0.6) is 0 Å². The minimum Gasteiger partial charge on any atom is -0.236 e. The average Bonchev–Trinajstić information content (AvgIpc) is 2.74. The third-order valence-electron chi connectivity index (χ3n) is 3.95. The molecule has 3 aromatic rings. The lowest BCUT2D eigenvalue weighted by atomic mass is 10.0. The maximum atomic E-state index is 9.69. The summed E-state index contributed by atoms with van der Waals surface area (Å²) < 4.78 is 0. The van der Waals surface area contributed by atoms with Crippen LogP contribution in [0.15, 0.2) is 12.1 Å². The van der Waals surface area contributed by atoms with Gasteiger partial charge in [0.15, 0.2) is 0 Å². The number of hydrogen-bond donors (Lipinski definition) is 0. The van der Waals surface area contributed by atoms with Crippen LogP contribution < -0.4 is 0 Å². The molecule has 12 heteroatoms. The van der Waals surface area contributed by atoms with Gasteiger partial charge < -0.3 is 0 Å². The smallest absolute Gasteiger partial charge is 0.149 e. The Bertz CT molecular complexity index is 1210. The zero-order chi connectivity index (χ0) is 22.5. The Labute approximate surface area is 221 Å². The zero-order valence-electron chi connectivity index (χ0n) is 13.8. The average molecular weight is 601 g/mol. The predicted molar refractivity (Wildman–Crippen MR) is 130 cm³/mol. The summed E-state index contributed by atoms with van der Waals surface area (Å²) in [6.45, 7) is 0. The van der Waals surface area contributed by atoms with Gasteiger partial charge in [-0.2, -0.15) is 5.26 Å². The molecule has 154 valence electrons. The number of nitrogens with zero attached hydrogens (tertiary/aromatic N) is 2. The maximum Gasteiger partial charge on any atom is 0.149 e. The van der Waals surface area contributed by atoms with Gasteiger partial charge in [-0.15, -0.1) is 0 Å². The zero-order valence-corrected chi connectivity index (χ0v) is 21.4. The second kappa shape index (κ2) is 9.46. The van der Waals surface area contributed by atoms with E-state index in [2.05, 4.69) is 4.98 Å². The molecule has 0 saturated carbocycles. The standard InChI is InChI=1S/C18H2Cl10N2/c19-9-7(10(20)14(24)17(27)13(9)23)4-1-2-5(30-6(4)3-29)8-11(21)15(25)18(28)16(26)12(8)22/h1-2H. The van der Waals surface area contributed by atoms with Crippen molar-refractivity contribution >= 4 is 116 Å². The van der Waals surface area contributed by atoms with Crippen molar-refractivity contribution in [3.05, 3.63) is 68.1 Å². The van der Waals surface area contributed by atoms with Crippen molar-refractivity contribution < 1.29 is 0 Å². The van der Waals surface area contributed by atoms with Gasteiger partial charge in [0.25, 0.3) is 0 Å². The molecule has 0 saturated heterocycles. The fourth-order valence-electron chi connectivity index (χ4n) is 2.56. The molecule has 3 rings (SSSR count). The molecule has 2 nitrogen and oxygen atoms in total. The molecule has 0 aliphatic rings. The van der Waals surface area contributed by atoms with Crippen molar-refractivity contribution in [2.75, 3.05) is 0 Å². The fraction of sp³-hybridized carbons (Fsp3) is 0. The summed E-state index contributed by atoms with van der Waals surface area (Å²) in [5.41, 5.74) is 0.794. The van der Waals surface area contributed by atoms with Crippen molar-refractivity contribution in [1.29, 1.82) is 5.26 Å². The van der Waals surface area contributed by atoms with E-state index in [1.165, 1.54) is 12.1 Å². The highest BCUT2D eigenvalue weighted by Crippen LogP contribution is 2.50. The Morgan fingerprint density at radius 2 is 0.900 bits per heavy atom. The number of halogens is 10. The van der Waals surface area contributed by atoms with Gasteiger partial charge in [-0.1, -0.05) is 116 Å². The Morgan fingerprint density at radius 1 is 0.533 bits per heavy atom. The van der Waals surface area contributed by atoms with Crippen LogP contribution >= 0.6 is 116 Å². The Kier molecular flexibility index (Phi) is 7.76. The van der Waals surface area contributed by atoms with E-state index in [0.29, 0.717) is 0 Å². The summed E-state index contributed by atoms with van der Waals surface area (Å²) in [5, 5.41) is 9.70. The molecule has 0 N–H and O–H groups in total. The molecule has 30 heavy (non-hydrogen) atoms. The van der Waals surface area contributed by atoms with Gasteiger partial charge in [-0.25, -0.2) is 4.98 Å². The summed E-state index contributed by atoms with van der Waals surface area (Å²) in [4.78, 5) is 4.31. The summed E-state index contributed by atoms with van der Waals surface area (Å²) in [6, 6.07) is 5.01. The molecule has 1 aromatic heterocycles. The van der Waals surface area contributed by atoms with Gasteiger partial charge in [0.1, 0.15) is 11.8 Å². The van der Waals surface area contributed by atoms with Crippen LogP contribution in [-0.2, 0) is 0 Å². The van der Waals surface area contributed by atoms with Crippen LogP contribution in [0.1, 0.15) is 5.69 Å². The molecule has 0 atom stereocenters. The highest BCUT2D eigenvalue weighted by Gasteiger charge is 2.25. The van der Waals surface area contributed by atoms with E-state index in [4.69, 9.17) is 116 Å². The van der Waals surface area contributed by atoms with Gasteiger partial charge in [-0.3, -0.25) is 0 Å². The first kappa shape index (κ1) is 24.6. The highest BCUT2D eigenvalue weighted by atomic mass is 35.5.